The fourth-order valence-corrected chi connectivity index (χ4v) is 3.69. The molecule has 0 spiro atoms. The molecule has 7 heteroatoms. The number of nitrogens with one attached hydrogen (secondary N) is 1. The maximum atomic E-state index is 11.9. The predicted molar refractivity (Wildman–Crippen MR) is 75.7 cm³/mol. The van der Waals surface area contributed by atoms with Gasteiger partial charge in [-0.25, -0.2) is 13.1 Å². The van der Waals surface area contributed by atoms with Gasteiger partial charge in [-0.3, -0.25) is 0 Å². The number of aliphatic hydroxyl groups excluding tert-OH is 1. The lowest BCUT2D eigenvalue weighted by Gasteiger charge is -2.07. The highest BCUT2D eigenvalue weighted by Crippen LogP contribution is 2.21. The standard InChI is InChI=1S/C12H21NO4S2/c1-10(2)9-17-7-3-6-13-19(15,16)12-5-4-11(8-14)18-12/h4-5,10,13-14H,3,6-9H2,1-2H3. The Bertz CT molecular complexity index is 468. The van der Waals surface area contributed by atoms with Crippen LogP contribution >= 0.6 is 11.3 Å². The van der Waals surface area contributed by atoms with Crippen molar-refractivity contribution in [3.63, 3.8) is 0 Å². The van der Waals surface area contributed by atoms with Crippen molar-refractivity contribution in [1.29, 1.82) is 0 Å². The SMILES string of the molecule is CC(C)COCCCNS(=O)(=O)c1ccc(CO)s1. The first-order chi connectivity index (χ1) is 8.95. The second-order valence-corrected chi connectivity index (χ2v) is 7.76. The molecule has 0 aliphatic rings. The minimum Gasteiger partial charge on any atom is -0.391 e. The summed E-state index contributed by atoms with van der Waals surface area (Å²) >= 11 is 1.08. The number of sulfonamides is 1. The van der Waals surface area contributed by atoms with Crippen molar-refractivity contribution in [2.45, 2.75) is 31.1 Å². The summed E-state index contributed by atoms with van der Waals surface area (Å²) in [6.07, 6.45) is 0.643. The van der Waals surface area contributed by atoms with E-state index in [0.717, 1.165) is 11.3 Å². The monoisotopic (exact) mass is 307 g/mol. The summed E-state index contributed by atoms with van der Waals surface area (Å²) in [5.74, 6) is 0.486. The van der Waals surface area contributed by atoms with Crippen LogP contribution < -0.4 is 4.72 Å². The fourth-order valence-electron chi connectivity index (χ4n) is 1.36. The van der Waals surface area contributed by atoms with Crippen LogP contribution in [0.5, 0.6) is 0 Å². The molecule has 0 unspecified atom stereocenters. The number of aliphatic hydroxyl groups is 1. The number of rotatable bonds is 9. The highest BCUT2D eigenvalue weighted by Gasteiger charge is 2.15. The van der Waals surface area contributed by atoms with E-state index in [4.69, 9.17) is 9.84 Å². The smallest absolute Gasteiger partial charge is 0.250 e. The van der Waals surface area contributed by atoms with Crippen molar-refractivity contribution in [3.8, 4) is 0 Å². The van der Waals surface area contributed by atoms with E-state index >= 15 is 0 Å². The van der Waals surface area contributed by atoms with Gasteiger partial charge in [-0.1, -0.05) is 13.8 Å². The van der Waals surface area contributed by atoms with Crippen LogP contribution in [0.4, 0.5) is 0 Å². The molecule has 1 heterocycles. The van der Waals surface area contributed by atoms with Gasteiger partial charge in [0.2, 0.25) is 10.0 Å². The number of ether oxygens (including phenoxy) is 1. The zero-order chi connectivity index (χ0) is 14.3. The maximum Gasteiger partial charge on any atom is 0.250 e. The van der Waals surface area contributed by atoms with Gasteiger partial charge < -0.3 is 9.84 Å². The Morgan fingerprint density at radius 2 is 2.16 bits per heavy atom. The van der Waals surface area contributed by atoms with Gasteiger partial charge in [-0.05, 0) is 24.5 Å². The first-order valence-electron chi connectivity index (χ1n) is 6.22. The minimum atomic E-state index is -3.45. The molecule has 0 saturated heterocycles. The molecule has 1 rings (SSSR count). The number of thiophene rings is 1. The first-order valence-corrected chi connectivity index (χ1v) is 8.52. The van der Waals surface area contributed by atoms with Crippen molar-refractivity contribution >= 4 is 21.4 Å². The molecule has 110 valence electrons. The van der Waals surface area contributed by atoms with E-state index in [0.29, 0.717) is 37.0 Å². The topological polar surface area (TPSA) is 75.6 Å². The summed E-state index contributed by atoms with van der Waals surface area (Å²) in [6, 6.07) is 3.12. The average molecular weight is 307 g/mol. The van der Waals surface area contributed by atoms with Crippen molar-refractivity contribution in [1.82, 2.24) is 4.72 Å². The van der Waals surface area contributed by atoms with E-state index in [9.17, 15) is 8.42 Å². The normalized spacial score (nSPS) is 12.2. The molecular formula is C12H21NO4S2. The molecule has 0 fully saturated rings. The molecule has 0 radical (unpaired) electrons. The van der Waals surface area contributed by atoms with Crippen molar-refractivity contribution in [3.05, 3.63) is 17.0 Å². The maximum absolute atomic E-state index is 11.9. The summed E-state index contributed by atoms with van der Waals surface area (Å²) in [5.41, 5.74) is 0. The molecular weight excluding hydrogens is 286 g/mol. The predicted octanol–water partition coefficient (Wildman–Crippen LogP) is 1.58. The van der Waals surface area contributed by atoms with Crippen LogP contribution in [0, 0.1) is 5.92 Å². The Morgan fingerprint density at radius 3 is 2.74 bits per heavy atom. The van der Waals surface area contributed by atoms with Gasteiger partial charge >= 0.3 is 0 Å². The fraction of sp³-hybridized carbons (Fsp3) is 0.667. The lowest BCUT2D eigenvalue weighted by atomic mass is 10.2. The summed E-state index contributed by atoms with van der Waals surface area (Å²) < 4.78 is 31.9. The molecule has 0 saturated carbocycles. The molecule has 19 heavy (non-hydrogen) atoms. The summed E-state index contributed by atoms with van der Waals surface area (Å²) in [7, 11) is -3.45. The third kappa shape index (κ3) is 6.01. The van der Waals surface area contributed by atoms with Crippen LogP contribution in [0.2, 0.25) is 0 Å². The van der Waals surface area contributed by atoms with E-state index in [-0.39, 0.29) is 10.8 Å². The molecule has 0 aliphatic carbocycles. The van der Waals surface area contributed by atoms with E-state index < -0.39 is 10.0 Å². The largest absolute Gasteiger partial charge is 0.391 e. The minimum absolute atomic E-state index is 0.136. The Morgan fingerprint density at radius 1 is 1.42 bits per heavy atom. The number of hydrogen-bond donors (Lipinski definition) is 2. The Kier molecular flexibility index (Phi) is 6.95. The second-order valence-electron chi connectivity index (χ2n) is 4.60. The zero-order valence-corrected chi connectivity index (χ0v) is 12.9. The van der Waals surface area contributed by atoms with Gasteiger partial charge in [0.05, 0.1) is 6.61 Å². The highest BCUT2D eigenvalue weighted by atomic mass is 32.2. The summed E-state index contributed by atoms with van der Waals surface area (Å²) in [5, 5.41) is 8.91. The van der Waals surface area contributed by atoms with E-state index in [1.807, 2.05) is 0 Å². The van der Waals surface area contributed by atoms with Crippen molar-refractivity contribution in [2.24, 2.45) is 5.92 Å². The van der Waals surface area contributed by atoms with Crippen LogP contribution in [0.15, 0.2) is 16.3 Å². The molecule has 0 aromatic carbocycles. The van der Waals surface area contributed by atoms with Gasteiger partial charge in [-0.2, -0.15) is 0 Å². The van der Waals surface area contributed by atoms with Gasteiger partial charge in [0.25, 0.3) is 0 Å². The van der Waals surface area contributed by atoms with Crippen LogP contribution in [0.3, 0.4) is 0 Å². The molecule has 2 N–H and O–H groups in total. The van der Waals surface area contributed by atoms with Crippen molar-refractivity contribution in [2.75, 3.05) is 19.8 Å². The van der Waals surface area contributed by atoms with Gasteiger partial charge in [0, 0.05) is 24.6 Å². The molecule has 1 aromatic heterocycles. The second kappa shape index (κ2) is 7.96. The van der Waals surface area contributed by atoms with E-state index in [1.54, 1.807) is 6.07 Å². The van der Waals surface area contributed by atoms with E-state index in [2.05, 4.69) is 18.6 Å². The Hall–Kier alpha value is -0.470. The molecule has 0 atom stereocenters. The average Bonchev–Trinajstić information content (AvgIpc) is 2.82. The first kappa shape index (κ1) is 16.6. The number of hydrogen-bond acceptors (Lipinski definition) is 5. The third-order valence-corrected chi connectivity index (χ3v) is 5.29. The molecule has 1 aromatic rings. The highest BCUT2D eigenvalue weighted by molar-refractivity contribution is 7.91. The molecule has 0 bridgehead atoms. The molecule has 5 nitrogen and oxygen atoms in total. The van der Waals surface area contributed by atoms with Crippen LogP contribution in [-0.2, 0) is 21.4 Å². The Balaban J connectivity index is 2.31. The lowest BCUT2D eigenvalue weighted by molar-refractivity contribution is 0.108. The Labute approximate surface area is 118 Å². The van der Waals surface area contributed by atoms with Gasteiger partial charge in [-0.15, -0.1) is 11.3 Å². The lowest BCUT2D eigenvalue weighted by Crippen LogP contribution is -2.25. The van der Waals surface area contributed by atoms with Gasteiger partial charge in [0.1, 0.15) is 4.21 Å². The van der Waals surface area contributed by atoms with E-state index in [1.165, 1.54) is 6.07 Å². The van der Waals surface area contributed by atoms with Gasteiger partial charge in [0.15, 0.2) is 0 Å². The zero-order valence-electron chi connectivity index (χ0n) is 11.3. The third-order valence-electron chi connectivity index (χ3n) is 2.27. The molecule has 0 aliphatic heterocycles. The van der Waals surface area contributed by atoms with Crippen LogP contribution in [-0.4, -0.2) is 33.3 Å². The van der Waals surface area contributed by atoms with Crippen LogP contribution in [0.25, 0.3) is 0 Å². The summed E-state index contributed by atoms with van der Waals surface area (Å²) in [6.45, 7) is 5.59. The summed E-state index contributed by atoms with van der Waals surface area (Å²) in [4.78, 5) is 0.639. The van der Waals surface area contributed by atoms with Crippen molar-refractivity contribution < 1.29 is 18.3 Å². The molecule has 0 amide bonds. The van der Waals surface area contributed by atoms with Crippen LogP contribution in [0.1, 0.15) is 25.1 Å². The quantitative estimate of drug-likeness (QED) is 0.679.